The van der Waals surface area contributed by atoms with Gasteiger partial charge in [-0.15, -0.1) is 5.92 Å². The predicted octanol–water partition coefficient (Wildman–Crippen LogP) is 1.38. The summed E-state index contributed by atoms with van der Waals surface area (Å²) in [5, 5.41) is 3.01. The van der Waals surface area contributed by atoms with Gasteiger partial charge < -0.3 is 5.32 Å². The lowest BCUT2D eigenvalue weighted by Crippen LogP contribution is -2.05. The summed E-state index contributed by atoms with van der Waals surface area (Å²) < 4.78 is 0. The van der Waals surface area contributed by atoms with Gasteiger partial charge in [-0.1, -0.05) is 17.5 Å². The lowest BCUT2D eigenvalue weighted by molar-refractivity contribution is 0.112. The van der Waals surface area contributed by atoms with E-state index in [-0.39, 0.29) is 10.7 Å². The second-order valence-corrected chi connectivity index (χ2v) is 2.68. The molecule has 0 aromatic carbocycles. The van der Waals surface area contributed by atoms with Crippen LogP contribution in [0.3, 0.4) is 0 Å². The number of hydrogen-bond donors (Lipinski definition) is 1. The second kappa shape index (κ2) is 5.20. The van der Waals surface area contributed by atoms with Crippen molar-refractivity contribution < 1.29 is 4.79 Å². The number of nitrogens with zero attached hydrogens (tertiary/aromatic N) is 2. The maximum Gasteiger partial charge on any atom is 0.156 e. The van der Waals surface area contributed by atoms with Crippen molar-refractivity contribution in [3.8, 4) is 11.8 Å². The Labute approximate surface area is 86.7 Å². The average molecular weight is 210 g/mol. The van der Waals surface area contributed by atoms with Gasteiger partial charge in [-0.25, -0.2) is 9.97 Å². The summed E-state index contributed by atoms with van der Waals surface area (Å²) in [5.74, 6) is 5.91. The number of halogens is 1. The van der Waals surface area contributed by atoms with Gasteiger partial charge in [0.15, 0.2) is 6.29 Å². The van der Waals surface area contributed by atoms with Crippen LogP contribution < -0.4 is 5.32 Å². The molecule has 0 saturated heterocycles. The van der Waals surface area contributed by atoms with E-state index >= 15 is 0 Å². The third-order valence-corrected chi connectivity index (χ3v) is 1.78. The molecule has 1 aromatic heterocycles. The van der Waals surface area contributed by atoms with Gasteiger partial charge in [0.05, 0.1) is 12.1 Å². The lowest BCUT2D eigenvalue weighted by atomic mass is 10.3. The number of aldehydes is 1. The van der Waals surface area contributed by atoms with Gasteiger partial charge in [-0.3, -0.25) is 4.79 Å². The van der Waals surface area contributed by atoms with Crippen LogP contribution in [0.5, 0.6) is 0 Å². The minimum atomic E-state index is 0.141. The van der Waals surface area contributed by atoms with Crippen molar-refractivity contribution in [2.45, 2.75) is 6.92 Å². The van der Waals surface area contributed by atoms with Crippen LogP contribution in [-0.2, 0) is 0 Å². The zero-order valence-corrected chi connectivity index (χ0v) is 8.30. The summed E-state index contributed by atoms with van der Waals surface area (Å²) in [6, 6.07) is 0. The van der Waals surface area contributed by atoms with Crippen molar-refractivity contribution >= 4 is 23.7 Å². The van der Waals surface area contributed by atoms with E-state index in [9.17, 15) is 4.79 Å². The number of rotatable bonds is 3. The maximum atomic E-state index is 10.6. The van der Waals surface area contributed by atoms with Gasteiger partial charge in [0.1, 0.15) is 17.3 Å². The van der Waals surface area contributed by atoms with Crippen LogP contribution in [-0.4, -0.2) is 22.8 Å². The van der Waals surface area contributed by atoms with E-state index in [1.54, 1.807) is 6.92 Å². The molecule has 0 amide bonds. The van der Waals surface area contributed by atoms with E-state index in [0.29, 0.717) is 18.6 Å². The van der Waals surface area contributed by atoms with E-state index in [0.717, 1.165) is 0 Å². The molecule has 0 aliphatic heterocycles. The molecular weight excluding hydrogens is 202 g/mol. The third kappa shape index (κ3) is 2.44. The molecule has 1 aromatic rings. The molecule has 72 valence electrons. The van der Waals surface area contributed by atoms with Crippen molar-refractivity contribution in [2.75, 3.05) is 11.9 Å². The first kappa shape index (κ1) is 10.5. The highest BCUT2D eigenvalue weighted by atomic mass is 35.5. The molecule has 5 heteroatoms. The summed E-state index contributed by atoms with van der Waals surface area (Å²) in [6.45, 7) is 2.15. The van der Waals surface area contributed by atoms with Gasteiger partial charge in [0.2, 0.25) is 0 Å². The zero-order chi connectivity index (χ0) is 10.4. The van der Waals surface area contributed by atoms with Crippen molar-refractivity contribution in [1.82, 2.24) is 9.97 Å². The van der Waals surface area contributed by atoms with E-state index < -0.39 is 0 Å². The molecule has 1 rings (SSSR count). The van der Waals surface area contributed by atoms with E-state index in [4.69, 9.17) is 11.6 Å². The minimum absolute atomic E-state index is 0.141. The first-order valence-electron chi connectivity index (χ1n) is 3.88. The Balaban J connectivity index is 2.88. The molecule has 0 aliphatic rings. The Kier molecular flexibility index (Phi) is 3.89. The number of hydrogen-bond acceptors (Lipinski definition) is 4. The molecule has 14 heavy (non-hydrogen) atoms. The Morgan fingerprint density at radius 1 is 1.64 bits per heavy atom. The summed E-state index contributed by atoms with van der Waals surface area (Å²) >= 11 is 5.68. The average Bonchev–Trinajstić information content (AvgIpc) is 2.18. The van der Waals surface area contributed by atoms with E-state index in [1.165, 1.54) is 6.33 Å². The van der Waals surface area contributed by atoms with Gasteiger partial charge in [-0.2, -0.15) is 0 Å². The van der Waals surface area contributed by atoms with Crippen molar-refractivity contribution in [3.05, 3.63) is 17.0 Å². The first-order valence-corrected chi connectivity index (χ1v) is 4.26. The summed E-state index contributed by atoms with van der Waals surface area (Å²) in [6.07, 6.45) is 1.90. The fourth-order valence-electron chi connectivity index (χ4n) is 0.836. The highest BCUT2D eigenvalue weighted by Gasteiger charge is 2.07. The molecule has 1 N–H and O–H groups in total. The fraction of sp³-hybridized carbons (Fsp3) is 0.222. The lowest BCUT2D eigenvalue weighted by Gasteiger charge is -2.04. The monoisotopic (exact) mass is 209 g/mol. The number of carbonyl (C=O) groups excluding carboxylic acids is 1. The third-order valence-electron chi connectivity index (χ3n) is 1.47. The predicted molar refractivity (Wildman–Crippen MR) is 54.4 cm³/mol. The zero-order valence-electron chi connectivity index (χ0n) is 7.54. The standard InChI is InChI=1S/C9H8ClN3O/c1-2-3-4-11-9-7(5-14)8(10)12-6-13-9/h5-6H,4H2,1H3,(H,11,12,13). The highest BCUT2D eigenvalue weighted by molar-refractivity contribution is 6.32. The Hall–Kier alpha value is -1.60. The van der Waals surface area contributed by atoms with Gasteiger partial charge in [0, 0.05) is 0 Å². The van der Waals surface area contributed by atoms with Crippen molar-refractivity contribution in [1.29, 1.82) is 0 Å². The number of aromatic nitrogens is 2. The summed E-state index contributed by atoms with van der Waals surface area (Å²) in [4.78, 5) is 18.2. The van der Waals surface area contributed by atoms with Gasteiger partial charge in [0.25, 0.3) is 0 Å². The molecule has 1 heterocycles. The Bertz CT molecular complexity index is 395. The largest absolute Gasteiger partial charge is 0.358 e. The smallest absolute Gasteiger partial charge is 0.156 e. The van der Waals surface area contributed by atoms with E-state index in [2.05, 4.69) is 27.1 Å². The summed E-state index contributed by atoms with van der Waals surface area (Å²) in [7, 11) is 0. The Morgan fingerprint density at radius 3 is 3.07 bits per heavy atom. The second-order valence-electron chi connectivity index (χ2n) is 2.32. The normalized spacial score (nSPS) is 8.71. The van der Waals surface area contributed by atoms with Crippen molar-refractivity contribution in [2.24, 2.45) is 0 Å². The first-order chi connectivity index (χ1) is 6.79. The maximum absolute atomic E-state index is 10.6. The molecule has 0 fully saturated rings. The molecule has 0 unspecified atom stereocenters. The van der Waals surface area contributed by atoms with Gasteiger partial charge >= 0.3 is 0 Å². The van der Waals surface area contributed by atoms with Crippen molar-refractivity contribution in [3.63, 3.8) is 0 Å². The van der Waals surface area contributed by atoms with Crippen LogP contribution in [0.15, 0.2) is 6.33 Å². The van der Waals surface area contributed by atoms with Crippen LogP contribution in [0.25, 0.3) is 0 Å². The summed E-state index contributed by atoms with van der Waals surface area (Å²) in [5.41, 5.74) is 0.257. The molecule has 0 atom stereocenters. The number of nitrogens with one attached hydrogen (secondary N) is 1. The molecule has 0 saturated carbocycles. The molecule has 0 spiro atoms. The number of anilines is 1. The van der Waals surface area contributed by atoms with Crippen LogP contribution in [0.4, 0.5) is 5.82 Å². The molecule has 4 nitrogen and oxygen atoms in total. The fourth-order valence-corrected chi connectivity index (χ4v) is 1.01. The van der Waals surface area contributed by atoms with Crippen LogP contribution in [0, 0.1) is 11.8 Å². The highest BCUT2D eigenvalue weighted by Crippen LogP contribution is 2.16. The van der Waals surface area contributed by atoms with E-state index in [1.807, 2.05) is 0 Å². The minimum Gasteiger partial charge on any atom is -0.358 e. The molecule has 0 aliphatic carbocycles. The quantitative estimate of drug-likeness (QED) is 0.464. The van der Waals surface area contributed by atoms with Crippen LogP contribution in [0.2, 0.25) is 5.15 Å². The SMILES string of the molecule is CC#CCNc1ncnc(Cl)c1C=O. The topological polar surface area (TPSA) is 54.9 Å². The number of carbonyl (C=O) groups is 1. The van der Waals surface area contributed by atoms with Gasteiger partial charge in [-0.05, 0) is 6.92 Å². The molecular formula is C9H8ClN3O. The van der Waals surface area contributed by atoms with Crippen LogP contribution in [0.1, 0.15) is 17.3 Å². The molecule has 0 bridgehead atoms. The van der Waals surface area contributed by atoms with Crippen LogP contribution >= 0.6 is 11.6 Å². The molecule has 0 radical (unpaired) electrons. The Morgan fingerprint density at radius 2 is 2.43 bits per heavy atom.